The van der Waals surface area contributed by atoms with E-state index in [1.807, 2.05) is 62.2 Å². The predicted molar refractivity (Wildman–Crippen MR) is 125 cm³/mol. The lowest BCUT2D eigenvalue weighted by Gasteiger charge is -2.25. The van der Waals surface area contributed by atoms with Crippen LogP contribution < -0.4 is 5.32 Å². The zero-order valence-electron chi connectivity index (χ0n) is 17.9. The van der Waals surface area contributed by atoms with E-state index in [-0.39, 0.29) is 24.9 Å². The summed E-state index contributed by atoms with van der Waals surface area (Å²) < 4.78 is 1.26. The maximum atomic E-state index is 12.9. The summed E-state index contributed by atoms with van der Waals surface area (Å²) in [5.74, 6) is -0.198. The number of carbonyl (C=O) groups is 2. The number of para-hydroxylation sites is 1. The molecule has 30 heavy (non-hydrogen) atoms. The van der Waals surface area contributed by atoms with Gasteiger partial charge in [0.2, 0.25) is 11.8 Å². The topological polar surface area (TPSA) is 52.7 Å². The molecule has 5 nitrogen and oxygen atoms in total. The molecule has 1 N–H and O–H groups in total. The fraction of sp³-hybridized carbons (Fsp3) is 0.333. The first-order valence-corrected chi connectivity index (χ1v) is 11.1. The van der Waals surface area contributed by atoms with Crippen molar-refractivity contribution < 1.29 is 9.59 Å². The standard InChI is InChI=1S/C24H29N3O2S/c1-4-13-27(15-23(28)25-21-11-7-5-9-18(21)2)24(29)16-26(3)14-19-17-30-22-12-8-6-10-20(19)22/h5-12,17H,4,13-16H2,1-3H3,(H,25,28). The first-order chi connectivity index (χ1) is 14.5. The second-order valence-electron chi connectivity index (χ2n) is 7.61. The molecule has 0 saturated carbocycles. The van der Waals surface area contributed by atoms with Crippen LogP contribution in [0.25, 0.3) is 10.1 Å². The van der Waals surface area contributed by atoms with Gasteiger partial charge in [-0.25, -0.2) is 0 Å². The number of likely N-dealkylation sites (N-methyl/N-ethyl adjacent to an activating group) is 1. The Hall–Kier alpha value is -2.70. The van der Waals surface area contributed by atoms with Gasteiger partial charge in [0.05, 0.1) is 13.1 Å². The van der Waals surface area contributed by atoms with Gasteiger partial charge in [-0.15, -0.1) is 11.3 Å². The van der Waals surface area contributed by atoms with Crippen LogP contribution in [0.5, 0.6) is 0 Å². The Balaban J connectivity index is 1.59. The number of fused-ring (bicyclic) bond motifs is 1. The fourth-order valence-electron chi connectivity index (χ4n) is 3.47. The lowest BCUT2D eigenvalue weighted by molar-refractivity contribution is -0.135. The van der Waals surface area contributed by atoms with Crippen molar-refractivity contribution in [2.45, 2.75) is 26.8 Å². The minimum Gasteiger partial charge on any atom is -0.332 e. The molecule has 0 fully saturated rings. The molecule has 0 radical (unpaired) electrons. The second kappa shape index (κ2) is 10.4. The van der Waals surface area contributed by atoms with Crippen LogP contribution in [0, 0.1) is 6.92 Å². The molecular formula is C24H29N3O2S. The van der Waals surface area contributed by atoms with E-state index in [1.54, 1.807) is 16.2 Å². The molecule has 0 spiro atoms. The molecule has 1 aromatic heterocycles. The molecule has 6 heteroatoms. The van der Waals surface area contributed by atoms with Crippen LogP contribution in [-0.4, -0.2) is 48.3 Å². The highest BCUT2D eigenvalue weighted by Gasteiger charge is 2.19. The van der Waals surface area contributed by atoms with Gasteiger partial charge in [-0.05, 0) is 54.4 Å². The van der Waals surface area contributed by atoms with E-state index >= 15 is 0 Å². The van der Waals surface area contributed by atoms with Crippen molar-refractivity contribution in [2.75, 3.05) is 32.0 Å². The summed E-state index contributed by atoms with van der Waals surface area (Å²) >= 11 is 1.72. The molecule has 0 unspecified atom stereocenters. The number of nitrogens with one attached hydrogen (secondary N) is 1. The van der Waals surface area contributed by atoms with Gasteiger partial charge in [0, 0.05) is 23.5 Å². The number of nitrogens with zero attached hydrogens (tertiary/aromatic N) is 2. The van der Waals surface area contributed by atoms with Crippen LogP contribution in [0.3, 0.4) is 0 Å². The summed E-state index contributed by atoms with van der Waals surface area (Å²) in [7, 11) is 1.95. The normalized spacial score (nSPS) is 11.1. The average Bonchev–Trinajstić information content (AvgIpc) is 3.12. The average molecular weight is 424 g/mol. The van der Waals surface area contributed by atoms with E-state index < -0.39 is 0 Å². The van der Waals surface area contributed by atoms with E-state index in [2.05, 4.69) is 22.8 Å². The van der Waals surface area contributed by atoms with Crippen LogP contribution >= 0.6 is 11.3 Å². The number of amides is 2. The third-order valence-electron chi connectivity index (χ3n) is 5.01. The molecule has 0 saturated heterocycles. The Kier molecular flexibility index (Phi) is 7.60. The maximum absolute atomic E-state index is 12.9. The van der Waals surface area contributed by atoms with Gasteiger partial charge in [0.25, 0.3) is 0 Å². The SMILES string of the molecule is CCCN(CC(=O)Nc1ccccc1C)C(=O)CN(C)Cc1csc2ccccc12. The number of aryl methyl sites for hydroxylation is 1. The van der Waals surface area contributed by atoms with Crippen LogP contribution in [0.2, 0.25) is 0 Å². The van der Waals surface area contributed by atoms with Gasteiger partial charge in [0.15, 0.2) is 0 Å². The third-order valence-corrected chi connectivity index (χ3v) is 6.02. The van der Waals surface area contributed by atoms with Crippen LogP contribution in [-0.2, 0) is 16.1 Å². The number of anilines is 1. The molecule has 0 aliphatic carbocycles. The van der Waals surface area contributed by atoms with Crippen molar-refractivity contribution in [3.8, 4) is 0 Å². The van der Waals surface area contributed by atoms with Crippen LogP contribution in [0.4, 0.5) is 5.69 Å². The molecular weight excluding hydrogens is 394 g/mol. The minimum atomic E-state index is -0.169. The highest BCUT2D eigenvalue weighted by atomic mass is 32.1. The summed E-state index contributed by atoms with van der Waals surface area (Å²) in [5, 5.41) is 6.32. The monoisotopic (exact) mass is 423 g/mol. The van der Waals surface area contributed by atoms with Gasteiger partial charge in [-0.2, -0.15) is 0 Å². The van der Waals surface area contributed by atoms with Gasteiger partial charge in [0.1, 0.15) is 0 Å². The largest absolute Gasteiger partial charge is 0.332 e. The van der Waals surface area contributed by atoms with E-state index in [0.717, 1.165) is 17.7 Å². The summed E-state index contributed by atoms with van der Waals surface area (Å²) in [6, 6.07) is 16.0. The number of thiophene rings is 1. The minimum absolute atomic E-state index is 0.0289. The summed E-state index contributed by atoms with van der Waals surface area (Å²) in [5.41, 5.74) is 3.01. The highest BCUT2D eigenvalue weighted by molar-refractivity contribution is 7.17. The Morgan fingerprint density at radius 2 is 1.77 bits per heavy atom. The molecule has 3 aromatic rings. The highest BCUT2D eigenvalue weighted by Crippen LogP contribution is 2.26. The van der Waals surface area contributed by atoms with E-state index in [1.165, 1.54) is 15.6 Å². The van der Waals surface area contributed by atoms with Crippen LogP contribution in [0.1, 0.15) is 24.5 Å². The molecule has 3 rings (SSSR count). The Bertz CT molecular complexity index is 1010. The molecule has 1 heterocycles. The quantitative estimate of drug-likeness (QED) is 0.551. The number of rotatable bonds is 9. The second-order valence-corrected chi connectivity index (χ2v) is 8.52. The predicted octanol–water partition coefficient (Wildman–Crippen LogP) is 4.52. The smallest absolute Gasteiger partial charge is 0.244 e. The van der Waals surface area contributed by atoms with Crippen molar-refractivity contribution in [3.05, 3.63) is 65.0 Å². The van der Waals surface area contributed by atoms with Gasteiger partial charge in [-0.3, -0.25) is 14.5 Å². The molecule has 2 aromatic carbocycles. The Morgan fingerprint density at radius 1 is 1.03 bits per heavy atom. The molecule has 0 atom stereocenters. The lowest BCUT2D eigenvalue weighted by Crippen LogP contribution is -2.43. The summed E-state index contributed by atoms with van der Waals surface area (Å²) in [4.78, 5) is 29.1. The number of benzene rings is 2. The number of hydrogen-bond donors (Lipinski definition) is 1. The van der Waals surface area contributed by atoms with Crippen molar-refractivity contribution in [2.24, 2.45) is 0 Å². The zero-order valence-corrected chi connectivity index (χ0v) is 18.7. The first kappa shape index (κ1) is 22.0. The van der Waals surface area contributed by atoms with Crippen molar-refractivity contribution in [1.82, 2.24) is 9.80 Å². The van der Waals surface area contributed by atoms with Gasteiger partial charge in [-0.1, -0.05) is 43.3 Å². The van der Waals surface area contributed by atoms with E-state index in [4.69, 9.17) is 0 Å². The Morgan fingerprint density at radius 3 is 2.53 bits per heavy atom. The van der Waals surface area contributed by atoms with Crippen LogP contribution in [0.15, 0.2) is 53.9 Å². The third kappa shape index (κ3) is 5.68. The van der Waals surface area contributed by atoms with Crippen molar-refractivity contribution in [3.63, 3.8) is 0 Å². The lowest BCUT2D eigenvalue weighted by atomic mass is 10.1. The summed E-state index contributed by atoms with van der Waals surface area (Å²) in [6.45, 7) is 5.58. The maximum Gasteiger partial charge on any atom is 0.244 e. The number of hydrogen-bond acceptors (Lipinski definition) is 4. The van der Waals surface area contributed by atoms with Gasteiger partial charge < -0.3 is 10.2 Å². The van der Waals surface area contributed by atoms with Crippen molar-refractivity contribution in [1.29, 1.82) is 0 Å². The molecule has 0 aliphatic rings. The number of carbonyl (C=O) groups excluding carboxylic acids is 2. The van der Waals surface area contributed by atoms with Gasteiger partial charge >= 0.3 is 0 Å². The summed E-state index contributed by atoms with van der Waals surface area (Å²) in [6.07, 6.45) is 0.808. The molecule has 2 amide bonds. The molecule has 158 valence electrons. The molecule has 0 aliphatic heterocycles. The van der Waals surface area contributed by atoms with E-state index in [0.29, 0.717) is 13.1 Å². The van der Waals surface area contributed by atoms with Crippen molar-refractivity contribution >= 4 is 38.9 Å². The molecule has 0 bridgehead atoms. The zero-order chi connectivity index (χ0) is 21.5. The Labute approximate surface area is 182 Å². The first-order valence-electron chi connectivity index (χ1n) is 10.2. The van der Waals surface area contributed by atoms with E-state index in [9.17, 15) is 9.59 Å². The fourth-order valence-corrected chi connectivity index (χ4v) is 4.42.